The predicted octanol–water partition coefficient (Wildman–Crippen LogP) is 0.948. The zero-order valence-electron chi connectivity index (χ0n) is 13.5. The summed E-state index contributed by atoms with van der Waals surface area (Å²) in [7, 11) is 0. The number of alkyl halides is 3. The number of halogens is 3. The minimum Gasteiger partial charge on any atom is -0.339 e. The average Bonchev–Trinajstić information content (AvgIpc) is 3.40. The lowest BCUT2D eigenvalue weighted by atomic mass is 10.2. The van der Waals surface area contributed by atoms with Crippen molar-refractivity contribution in [2.45, 2.75) is 25.6 Å². The molecule has 1 saturated carbocycles. The fourth-order valence-corrected chi connectivity index (χ4v) is 2.89. The van der Waals surface area contributed by atoms with E-state index in [-0.39, 0.29) is 11.8 Å². The van der Waals surface area contributed by atoms with Crippen molar-refractivity contribution in [2.75, 3.05) is 26.2 Å². The van der Waals surface area contributed by atoms with Crippen molar-refractivity contribution in [3.63, 3.8) is 0 Å². The molecule has 0 radical (unpaired) electrons. The summed E-state index contributed by atoms with van der Waals surface area (Å²) in [6.45, 7) is 1.03. The van der Waals surface area contributed by atoms with E-state index >= 15 is 0 Å². The van der Waals surface area contributed by atoms with Crippen LogP contribution in [-0.2, 0) is 22.3 Å². The van der Waals surface area contributed by atoms with E-state index in [9.17, 15) is 27.6 Å². The third-order valence-corrected chi connectivity index (χ3v) is 4.50. The highest BCUT2D eigenvalue weighted by Gasteiger charge is 2.36. The zero-order valence-corrected chi connectivity index (χ0v) is 13.5. The SMILES string of the molecule is O=C(Cn1cccc(C(F)(F)F)c1=O)N1CCN(C(=O)C2CC2)CC1. The molecule has 0 atom stereocenters. The van der Waals surface area contributed by atoms with Crippen LogP contribution in [0, 0.1) is 5.92 Å². The van der Waals surface area contributed by atoms with Crippen LogP contribution in [0.15, 0.2) is 23.1 Å². The van der Waals surface area contributed by atoms with E-state index in [1.54, 1.807) is 4.90 Å². The molecule has 2 aliphatic rings. The van der Waals surface area contributed by atoms with Crippen molar-refractivity contribution >= 4 is 11.8 Å². The van der Waals surface area contributed by atoms with Crippen molar-refractivity contribution in [3.8, 4) is 0 Å². The molecule has 2 amide bonds. The van der Waals surface area contributed by atoms with Crippen LogP contribution in [0.25, 0.3) is 0 Å². The molecule has 1 saturated heterocycles. The second kappa shape index (κ2) is 6.53. The number of aromatic nitrogens is 1. The van der Waals surface area contributed by atoms with Gasteiger partial charge in [0.1, 0.15) is 12.1 Å². The summed E-state index contributed by atoms with van der Waals surface area (Å²) in [6, 6.07) is 1.80. The summed E-state index contributed by atoms with van der Waals surface area (Å²) >= 11 is 0. The number of nitrogens with zero attached hydrogens (tertiary/aromatic N) is 3. The third kappa shape index (κ3) is 3.85. The van der Waals surface area contributed by atoms with Crippen molar-refractivity contribution in [1.29, 1.82) is 0 Å². The summed E-state index contributed by atoms with van der Waals surface area (Å²) in [5.41, 5.74) is -2.52. The first-order valence-electron chi connectivity index (χ1n) is 8.10. The molecule has 2 heterocycles. The lowest BCUT2D eigenvalue weighted by Crippen LogP contribution is -2.52. The number of hydrogen-bond acceptors (Lipinski definition) is 3. The molecular weight excluding hydrogens is 339 g/mol. The molecule has 1 aromatic heterocycles. The van der Waals surface area contributed by atoms with Gasteiger partial charge >= 0.3 is 6.18 Å². The molecule has 136 valence electrons. The van der Waals surface area contributed by atoms with Gasteiger partial charge in [0.2, 0.25) is 11.8 Å². The number of carbonyl (C=O) groups is 2. The first-order chi connectivity index (χ1) is 11.8. The number of piperazine rings is 1. The fraction of sp³-hybridized carbons (Fsp3) is 0.562. The summed E-state index contributed by atoms with van der Waals surface area (Å²) in [4.78, 5) is 39.3. The Morgan fingerprint density at radius 3 is 2.24 bits per heavy atom. The number of pyridine rings is 1. The average molecular weight is 357 g/mol. The summed E-state index contributed by atoms with van der Waals surface area (Å²) < 4.78 is 39.1. The first-order valence-corrected chi connectivity index (χ1v) is 8.10. The van der Waals surface area contributed by atoms with Crippen LogP contribution < -0.4 is 5.56 Å². The van der Waals surface area contributed by atoms with E-state index in [2.05, 4.69) is 0 Å². The Hall–Kier alpha value is -2.32. The number of carbonyl (C=O) groups excluding carboxylic acids is 2. The van der Waals surface area contributed by atoms with Crippen LogP contribution in [-0.4, -0.2) is 52.4 Å². The maximum atomic E-state index is 12.8. The van der Waals surface area contributed by atoms with E-state index in [4.69, 9.17) is 0 Å². The molecule has 2 fully saturated rings. The van der Waals surface area contributed by atoms with Gasteiger partial charge in [0.15, 0.2) is 0 Å². The Morgan fingerprint density at radius 2 is 1.68 bits per heavy atom. The Morgan fingerprint density at radius 1 is 1.08 bits per heavy atom. The molecule has 1 aromatic rings. The Balaban J connectivity index is 1.62. The van der Waals surface area contributed by atoms with E-state index in [0.29, 0.717) is 32.2 Å². The van der Waals surface area contributed by atoms with Crippen molar-refractivity contribution in [3.05, 3.63) is 34.2 Å². The molecule has 0 N–H and O–H groups in total. The largest absolute Gasteiger partial charge is 0.421 e. The standard InChI is InChI=1S/C16H18F3N3O3/c17-16(18,19)12-2-1-5-22(15(12)25)10-13(23)20-6-8-21(9-7-20)14(24)11-3-4-11/h1-2,5,11H,3-4,6-10H2. The van der Waals surface area contributed by atoms with Gasteiger partial charge in [0.25, 0.3) is 5.56 Å². The van der Waals surface area contributed by atoms with Gasteiger partial charge in [-0.2, -0.15) is 13.2 Å². The molecule has 6 nitrogen and oxygen atoms in total. The summed E-state index contributed by atoms with van der Waals surface area (Å²) in [6.07, 6.45) is -1.76. The highest BCUT2D eigenvalue weighted by Crippen LogP contribution is 2.31. The van der Waals surface area contributed by atoms with Crippen LogP contribution >= 0.6 is 0 Å². The number of hydrogen-bond donors (Lipinski definition) is 0. The molecule has 0 spiro atoms. The van der Waals surface area contributed by atoms with E-state index < -0.39 is 29.8 Å². The van der Waals surface area contributed by atoms with Crippen LogP contribution in [0.5, 0.6) is 0 Å². The van der Waals surface area contributed by atoms with Crippen LogP contribution in [0.4, 0.5) is 13.2 Å². The maximum absolute atomic E-state index is 12.8. The van der Waals surface area contributed by atoms with Gasteiger partial charge in [0, 0.05) is 38.3 Å². The van der Waals surface area contributed by atoms with E-state index in [1.807, 2.05) is 0 Å². The minimum absolute atomic E-state index is 0.112. The predicted molar refractivity (Wildman–Crippen MR) is 81.6 cm³/mol. The Labute approximate surface area is 141 Å². The smallest absolute Gasteiger partial charge is 0.339 e. The first kappa shape index (κ1) is 17.5. The monoisotopic (exact) mass is 357 g/mol. The molecule has 1 aliphatic carbocycles. The van der Waals surface area contributed by atoms with Gasteiger partial charge in [0.05, 0.1) is 0 Å². The lowest BCUT2D eigenvalue weighted by molar-refractivity contribution is -0.141. The number of rotatable bonds is 3. The molecule has 0 aromatic carbocycles. The lowest BCUT2D eigenvalue weighted by Gasteiger charge is -2.35. The zero-order chi connectivity index (χ0) is 18.2. The molecule has 25 heavy (non-hydrogen) atoms. The van der Waals surface area contributed by atoms with E-state index in [0.717, 1.165) is 23.5 Å². The molecular formula is C16H18F3N3O3. The second-order valence-electron chi connectivity index (χ2n) is 6.33. The Bertz CT molecular complexity index is 732. The quantitative estimate of drug-likeness (QED) is 0.809. The van der Waals surface area contributed by atoms with Gasteiger partial charge in [-0.25, -0.2) is 0 Å². The van der Waals surface area contributed by atoms with Gasteiger partial charge in [-0.05, 0) is 25.0 Å². The molecule has 0 bridgehead atoms. The molecule has 9 heteroatoms. The van der Waals surface area contributed by atoms with Crippen LogP contribution in [0.3, 0.4) is 0 Å². The van der Waals surface area contributed by atoms with Crippen molar-refractivity contribution in [1.82, 2.24) is 14.4 Å². The summed E-state index contributed by atoms with van der Waals surface area (Å²) in [5, 5.41) is 0. The summed E-state index contributed by atoms with van der Waals surface area (Å²) in [5.74, 6) is -0.202. The van der Waals surface area contributed by atoms with Gasteiger partial charge < -0.3 is 14.4 Å². The minimum atomic E-state index is -4.75. The van der Waals surface area contributed by atoms with Crippen LogP contribution in [0.2, 0.25) is 0 Å². The molecule has 1 aliphatic heterocycles. The fourth-order valence-electron chi connectivity index (χ4n) is 2.89. The van der Waals surface area contributed by atoms with Crippen LogP contribution in [0.1, 0.15) is 18.4 Å². The molecule has 0 unspecified atom stereocenters. The second-order valence-corrected chi connectivity index (χ2v) is 6.33. The van der Waals surface area contributed by atoms with Crippen molar-refractivity contribution in [2.24, 2.45) is 5.92 Å². The van der Waals surface area contributed by atoms with Gasteiger partial charge in [-0.15, -0.1) is 0 Å². The third-order valence-electron chi connectivity index (χ3n) is 4.50. The maximum Gasteiger partial charge on any atom is 0.421 e. The highest BCUT2D eigenvalue weighted by molar-refractivity contribution is 5.81. The normalized spacial score (nSPS) is 18.4. The van der Waals surface area contributed by atoms with E-state index in [1.165, 1.54) is 11.1 Å². The van der Waals surface area contributed by atoms with Gasteiger partial charge in [-0.3, -0.25) is 14.4 Å². The van der Waals surface area contributed by atoms with Crippen molar-refractivity contribution < 1.29 is 22.8 Å². The topological polar surface area (TPSA) is 62.6 Å². The van der Waals surface area contributed by atoms with Gasteiger partial charge in [-0.1, -0.05) is 0 Å². The number of amides is 2. The Kier molecular flexibility index (Phi) is 4.57. The molecule has 3 rings (SSSR count). The highest BCUT2D eigenvalue weighted by atomic mass is 19.4.